The van der Waals surface area contributed by atoms with Crippen molar-refractivity contribution in [1.82, 2.24) is 20.1 Å². The summed E-state index contributed by atoms with van der Waals surface area (Å²) in [4.78, 5) is 21.4. The number of aromatic nitrogens is 1. The number of nitrogens with zero attached hydrogens (tertiary/aromatic N) is 2. The van der Waals surface area contributed by atoms with Gasteiger partial charge >= 0.3 is 0 Å². The molecule has 0 saturated carbocycles. The van der Waals surface area contributed by atoms with Crippen LogP contribution in [0.15, 0.2) is 18.2 Å². The quantitative estimate of drug-likeness (QED) is 0.815. The lowest BCUT2D eigenvalue weighted by molar-refractivity contribution is -0.136. The van der Waals surface area contributed by atoms with Gasteiger partial charge in [-0.25, -0.2) is 0 Å². The minimum absolute atomic E-state index is 0.0524. The number of likely N-dealkylation sites (N-methyl/N-ethyl adjacent to an activating group) is 1. The molecule has 0 bridgehead atoms. The van der Waals surface area contributed by atoms with Crippen molar-refractivity contribution in [2.24, 2.45) is 5.41 Å². The monoisotopic (exact) mass is 366 g/mol. The minimum Gasteiger partial charge on any atom is -0.358 e. The Balaban J connectivity index is 1.37. The standard InChI is InChI=1S/C22H30N4O/c1-15-3-4-18-16(11-15)17-13-26(10-5-19(17)24-18)21(27)20-12-22(14-25(20)2)6-8-23-9-7-22/h3-4,11,20,23-24H,5-10,12-14H2,1-2H3. The van der Waals surface area contributed by atoms with Gasteiger partial charge in [0.1, 0.15) is 0 Å². The number of likely N-dealkylation sites (tertiary alicyclic amines) is 1. The second-order valence-electron chi connectivity index (χ2n) is 9.03. The number of carbonyl (C=O) groups is 1. The Hall–Kier alpha value is -1.85. The summed E-state index contributed by atoms with van der Waals surface area (Å²) in [6.07, 6.45) is 4.36. The van der Waals surface area contributed by atoms with Crippen molar-refractivity contribution in [3.63, 3.8) is 0 Å². The fourth-order valence-electron chi connectivity index (χ4n) is 5.59. The van der Waals surface area contributed by atoms with Crippen LogP contribution in [-0.4, -0.2) is 60.0 Å². The van der Waals surface area contributed by atoms with Crippen molar-refractivity contribution in [3.8, 4) is 0 Å². The van der Waals surface area contributed by atoms with Crippen LogP contribution in [0.25, 0.3) is 10.9 Å². The van der Waals surface area contributed by atoms with Crippen molar-refractivity contribution >= 4 is 16.8 Å². The van der Waals surface area contributed by atoms with Gasteiger partial charge in [0.2, 0.25) is 5.91 Å². The third-order valence-electron chi connectivity index (χ3n) is 7.13. The third-order valence-corrected chi connectivity index (χ3v) is 7.13. The number of aryl methyl sites for hydroxylation is 1. The highest BCUT2D eigenvalue weighted by atomic mass is 16.2. The van der Waals surface area contributed by atoms with Crippen LogP contribution in [-0.2, 0) is 17.8 Å². The highest BCUT2D eigenvalue weighted by Gasteiger charge is 2.46. The van der Waals surface area contributed by atoms with Crippen LogP contribution >= 0.6 is 0 Å². The Morgan fingerprint density at radius 3 is 2.89 bits per heavy atom. The maximum Gasteiger partial charge on any atom is 0.240 e. The van der Waals surface area contributed by atoms with Gasteiger partial charge in [0.05, 0.1) is 6.04 Å². The molecule has 2 aromatic rings. The lowest BCUT2D eigenvalue weighted by Gasteiger charge is -2.34. The van der Waals surface area contributed by atoms with Gasteiger partial charge in [-0.2, -0.15) is 0 Å². The fraction of sp³-hybridized carbons (Fsp3) is 0.591. The predicted octanol–water partition coefficient (Wildman–Crippen LogP) is 2.43. The van der Waals surface area contributed by atoms with E-state index < -0.39 is 0 Å². The van der Waals surface area contributed by atoms with Gasteiger partial charge < -0.3 is 15.2 Å². The van der Waals surface area contributed by atoms with Gasteiger partial charge in [0, 0.05) is 48.2 Å². The van der Waals surface area contributed by atoms with Crippen molar-refractivity contribution in [1.29, 1.82) is 0 Å². The van der Waals surface area contributed by atoms with E-state index in [0.717, 1.165) is 45.6 Å². The number of carbonyl (C=O) groups excluding carboxylic acids is 1. The lowest BCUT2D eigenvalue weighted by Crippen LogP contribution is -2.46. The summed E-state index contributed by atoms with van der Waals surface area (Å²) in [6.45, 7) is 6.97. The predicted molar refractivity (Wildman–Crippen MR) is 108 cm³/mol. The molecule has 5 rings (SSSR count). The van der Waals surface area contributed by atoms with Crippen molar-refractivity contribution in [3.05, 3.63) is 35.0 Å². The molecule has 144 valence electrons. The molecule has 4 heterocycles. The minimum atomic E-state index is 0.0524. The van der Waals surface area contributed by atoms with Crippen LogP contribution in [0.1, 0.15) is 36.1 Å². The number of benzene rings is 1. The molecule has 1 aromatic heterocycles. The zero-order valence-corrected chi connectivity index (χ0v) is 16.5. The number of rotatable bonds is 1. The smallest absolute Gasteiger partial charge is 0.240 e. The lowest BCUT2D eigenvalue weighted by atomic mass is 9.77. The number of hydrogen-bond acceptors (Lipinski definition) is 3. The highest BCUT2D eigenvalue weighted by molar-refractivity contribution is 5.87. The van der Waals surface area contributed by atoms with Gasteiger partial charge in [0.15, 0.2) is 0 Å². The molecule has 1 aromatic carbocycles. The van der Waals surface area contributed by atoms with E-state index in [1.54, 1.807) is 0 Å². The van der Waals surface area contributed by atoms with Crippen LogP contribution in [0.3, 0.4) is 0 Å². The van der Waals surface area contributed by atoms with Gasteiger partial charge in [0.25, 0.3) is 0 Å². The summed E-state index contributed by atoms with van der Waals surface area (Å²) < 4.78 is 0. The number of fused-ring (bicyclic) bond motifs is 3. The van der Waals surface area contributed by atoms with Crippen molar-refractivity contribution in [2.75, 3.05) is 33.2 Å². The maximum absolute atomic E-state index is 13.4. The number of H-pyrrole nitrogens is 1. The second kappa shape index (κ2) is 6.35. The Bertz CT molecular complexity index is 880. The highest BCUT2D eigenvalue weighted by Crippen LogP contribution is 2.42. The SMILES string of the molecule is Cc1ccc2[nH]c3c(c2c1)CN(C(=O)C1CC2(CCNCC2)CN1C)CC3. The number of nitrogens with one attached hydrogen (secondary N) is 2. The summed E-state index contributed by atoms with van der Waals surface area (Å²) in [5, 5.41) is 4.76. The van der Waals surface area contributed by atoms with Gasteiger partial charge in [-0.3, -0.25) is 9.69 Å². The largest absolute Gasteiger partial charge is 0.358 e. The molecule has 5 heteroatoms. The first-order valence-electron chi connectivity index (χ1n) is 10.3. The molecule has 27 heavy (non-hydrogen) atoms. The van der Waals surface area contributed by atoms with E-state index in [2.05, 4.69) is 52.3 Å². The van der Waals surface area contributed by atoms with Crippen LogP contribution < -0.4 is 5.32 Å². The average Bonchev–Trinajstić information content (AvgIpc) is 3.18. The topological polar surface area (TPSA) is 51.4 Å². The molecule has 1 amide bonds. The van der Waals surface area contributed by atoms with E-state index in [9.17, 15) is 4.79 Å². The van der Waals surface area contributed by atoms with Crippen LogP contribution in [0.4, 0.5) is 0 Å². The second-order valence-corrected chi connectivity index (χ2v) is 9.03. The number of amides is 1. The van der Waals surface area contributed by atoms with E-state index in [0.29, 0.717) is 11.3 Å². The Morgan fingerprint density at radius 2 is 2.07 bits per heavy atom. The van der Waals surface area contributed by atoms with Crippen molar-refractivity contribution < 1.29 is 4.79 Å². The fourth-order valence-corrected chi connectivity index (χ4v) is 5.59. The van der Waals surface area contributed by atoms with Gasteiger partial charge in [-0.05, 0) is 63.9 Å². The first kappa shape index (κ1) is 17.3. The van der Waals surface area contributed by atoms with Crippen molar-refractivity contribution in [2.45, 2.75) is 45.2 Å². The molecule has 1 unspecified atom stereocenters. The number of hydrogen-bond donors (Lipinski definition) is 2. The molecule has 0 aliphatic carbocycles. The van der Waals surface area contributed by atoms with E-state index in [1.165, 1.54) is 40.6 Å². The zero-order chi connectivity index (χ0) is 18.6. The third kappa shape index (κ3) is 2.88. The van der Waals surface area contributed by atoms with E-state index in [1.807, 2.05) is 0 Å². The number of piperidine rings is 1. The molecule has 3 aliphatic rings. The molecule has 3 aliphatic heterocycles. The molecular formula is C22H30N4O. The summed E-state index contributed by atoms with van der Waals surface area (Å²) in [5.41, 5.74) is 5.46. The Morgan fingerprint density at radius 1 is 1.26 bits per heavy atom. The summed E-state index contributed by atoms with van der Waals surface area (Å²) in [6, 6.07) is 6.63. The molecule has 5 nitrogen and oxygen atoms in total. The molecule has 1 atom stereocenters. The molecule has 1 spiro atoms. The van der Waals surface area contributed by atoms with Gasteiger partial charge in [-0.15, -0.1) is 0 Å². The summed E-state index contributed by atoms with van der Waals surface area (Å²) in [5.74, 6) is 0.334. The molecular weight excluding hydrogens is 336 g/mol. The zero-order valence-electron chi connectivity index (χ0n) is 16.5. The number of aromatic amines is 1. The molecule has 2 fully saturated rings. The molecule has 2 N–H and O–H groups in total. The summed E-state index contributed by atoms with van der Waals surface area (Å²) in [7, 11) is 2.14. The normalized spacial score (nSPS) is 25.3. The van der Waals surface area contributed by atoms with Crippen LogP contribution in [0, 0.1) is 12.3 Å². The first-order valence-corrected chi connectivity index (χ1v) is 10.3. The van der Waals surface area contributed by atoms with Crippen LogP contribution in [0.2, 0.25) is 0 Å². The average molecular weight is 367 g/mol. The van der Waals surface area contributed by atoms with Gasteiger partial charge in [-0.1, -0.05) is 11.6 Å². The first-order chi connectivity index (χ1) is 13.0. The Labute approximate surface area is 161 Å². The molecule has 2 saturated heterocycles. The summed E-state index contributed by atoms with van der Waals surface area (Å²) >= 11 is 0. The van der Waals surface area contributed by atoms with E-state index in [4.69, 9.17) is 0 Å². The van der Waals surface area contributed by atoms with E-state index >= 15 is 0 Å². The van der Waals surface area contributed by atoms with Crippen LogP contribution in [0.5, 0.6) is 0 Å². The molecule has 0 radical (unpaired) electrons. The van der Waals surface area contributed by atoms with E-state index in [-0.39, 0.29) is 6.04 Å². The maximum atomic E-state index is 13.4. The Kier molecular flexibility index (Phi) is 4.06.